The summed E-state index contributed by atoms with van der Waals surface area (Å²) in [5, 5.41) is 22.8. The van der Waals surface area contributed by atoms with Gasteiger partial charge >= 0.3 is 0 Å². The first-order valence-electron chi connectivity index (χ1n) is 7.00. The van der Waals surface area contributed by atoms with E-state index < -0.39 is 11.6 Å². The summed E-state index contributed by atoms with van der Waals surface area (Å²) in [7, 11) is 0. The average molecular weight is 281 g/mol. The third-order valence-electron chi connectivity index (χ3n) is 3.16. The Morgan fingerprint density at radius 3 is 2.25 bits per heavy atom. The van der Waals surface area contributed by atoms with E-state index in [-0.39, 0.29) is 18.8 Å². The molecule has 4 nitrogen and oxygen atoms in total. The second kappa shape index (κ2) is 7.18. The van der Waals surface area contributed by atoms with E-state index in [0.29, 0.717) is 6.54 Å². The summed E-state index contributed by atoms with van der Waals surface area (Å²) < 4.78 is 5.54. The maximum atomic E-state index is 9.95. The molecule has 2 atom stereocenters. The molecule has 1 aromatic carbocycles. The van der Waals surface area contributed by atoms with Crippen LogP contribution < -0.4 is 5.32 Å². The van der Waals surface area contributed by atoms with Gasteiger partial charge in [-0.05, 0) is 33.3 Å². The number of nitrogens with one attached hydrogen (secondary N) is 1. The second-order valence-corrected chi connectivity index (χ2v) is 6.31. The molecule has 1 rings (SSSR count). The van der Waals surface area contributed by atoms with E-state index in [2.05, 4.69) is 5.32 Å². The van der Waals surface area contributed by atoms with Gasteiger partial charge in [-0.1, -0.05) is 30.3 Å². The number of aliphatic hydroxyl groups is 2. The Bertz CT molecular complexity index is 388. The summed E-state index contributed by atoms with van der Waals surface area (Å²) in [6.07, 6.45) is -0.608. The molecule has 0 aromatic heterocycles. The Balaban J connectivity index is 2.53. The lowest BCUT2D eigenvalue weighted by atomic mass is 9.93. The average Bonchev–Trinajstić information content (AvgIpc) is 2.42. The summed E-state index contributed by atoms with van der Waals surface area (Å²) in [4.78, 5) is 0. The lowest BCUT2D eigenvalue weighted by molar-refractivity contribution is -0.0499. The van der Waals surface area contributed by atoms with E-state index in [1.165, 1.54) is 0 Å². The van der Waals surface area contributed by atoms with Crippen LogP contribution in [0.3, 0.4) is 0 Å². The molecule has 114 valence electrons. The molecule has 0 aliphatic carbocycles. The molecule has 4 heteroatoms. The lowest BCUT2D eigenvalue weighted by Gasteiger charge is -2.31. The van der Waals surface area contributed by atoms with Crippen LogP contribution in [0.4, 0.5) is 0 Å². The third kappa shape index (κ3) is 5.59. The fourth-order valence-corrected chi connectivity index (χ4v) is 1.80. The number of ether oxygens (including phenoxy) is 1. The fourth-order valence-electron chi connectivity index (χ4n) is 1.80. The molecule has 0 aliphatic heterocycles. The van der Waals surface area contributed by atoms with Crippen molar-refractivity contribution in [2.45, 2.75) is 44.9 Å². The van der Waals surface area contributed by atoms with Gasteiger partial charge in [-0.3, -0.25) is 0 Å². The zero-order chi connectivity index (χ0) is 15.2. The molecule has 20 heavy (non-hydrogen) atoms. The molecule has 0 spiro atoms. The van der Waals surface area contributed by atoms with Crippen molar-refractivity contribution in [3.63, 3.8) is 0 Å². The van der Waals surface area contributed by atoms with Gasteiger partial charge in [0.2, 0.25) is 0 Å². The molecule has 0 aliphatic rings. The number of hydrogen-bond acceptors (Lipinski definition) is 4. The predicted molar refractivity (Wildman–Crippen MR) is 80.6 cm³/mol. The molecule has 1 aromatic rings. The maximum Gasteiger partial charge on any atom is 0.0898 e. The van der Waals surface area contributed by atoms with Crippen LogP contribution in [0, 0.1) is 0 Å². The first kappa shape index (κ1) is 17.1. The molecule has 0 heterocycles. The molecular weight excluding hydrogens is 254 g/mol. The van der Waals surface area contributed by atoms with Crippen LogP contribution >= 0.6 is 0 Å². The van der Waals surface area contributed by atoms with Crippen molar-refractivity contribution >= 4 is 0 Å². The van der Waals surface area contributed by atoms with Crippen LogP contribution in [-0.4, -0.2) is 41.7 Å². The smallest absolute Gasteiger partial charge is 0.0898 e. The molecule has 0 saturated heterocycles. The van der Waals surface area contributed by atoms with E-state index in [4.69, 9.17) is 4.74 Å². The highest BCUT2D eigenvalue weighted by molar-refractivity contribution is 5.23. The fraction of sp³-hybridized carbons (Fsp3) is 0.625. The number of hydrogen-bond donors (Lipinski definition) is 3. The van der Waals surface area contributed by atoms with E-state index in [9.17, 15) is 10.2 Å². The van der Waals surface area contributed by atoms with Crippen molar-refractivity contribution in [1.29, 1.82) is 0 Å². The van der Waals surface area contributed by atoms with Crippen LogP contribution in [0.15, 0.2) is 30.3 Å². The van der Waals surface area contributed by atoms with E-state index in [1.807, 2.05) is 58.0 Å². The van der Waals surface area contributed by atoms with Gasteiger partial charge in [-0.2, -0.15) is 0 Å². The Kier molecular flexibility index (Phi) is 6.14. The lowest BCUT2D eigenvalue weighted by Crippen LogP contribution is -2.47. The first-order valence-corrected chi connectivity index (χ1v) is 7.00. The molecular formula is C16H27NO3. The van der Waals surface area contributed by atoms with Gasteiger partial charge in [-0.25, -0.2) is 0 Å². The maximum absolute atomic E-state index is 9.95. The summed E-state index contributed by atoms with van der Waals surface area (Å²) in [6.45, 7) is 8.37. The van der Waals surface area contributed by atoms with Crippen molar-refractivity contribution in [2.24, 2.45) is 0 Å². The largest absolute Gasteiger partial charge is 0.394 e. The van der Waals surface area contributed by atoms with Crippen molar-refractivity contribution < 1.29 is 14.9 Å². The van der Waals surface area contributed by atoms with Crippen LogP contribution in [0.5, 0.6) is 0 Å². The van der Waals surface area contributed by atoms with Gasteiger partial charge in [0.25, 0.3) is 0 Å². The van der Waals surface area contributed by atoms with Gasteiger partial charge in [0.15, 0.2) is 0 Å². The van der Waals surface area contributed by atoms with Crippen molar-refractivity contribution in [2.75, 3.05) is 19.8 Å². The Labute approximate surface area is 121 Å². The van der Waals surface area contributed by atoms with Crippen LogP contribution in [-0.2, 0) is 10.3 Å². The summed E-state index contributed by atoms with van der Waals surface area (Å²) in [6, 6.07) is 9.73. The minimum absolute atomic E-state index is 0.0378. The minimum Gasteiger partial charge on any atom is -0.394 e. The predicted octanol–water partition coefficient (Wildman–Crippen LogP) is 1.66. The molecule has 0 radical (unpaired) electrons. The Morgan fingerprint density at radius 1 is 1.15 bits per heavy atom. The highest BCUT2D eigenvalue weighted by Gasteiger charge is 2.26. The molecule has 0 bridgehead atoms. The number of rotatable bonds is 7. The van der Waals surface area contributed by atoms with E-state index in [1.54, 1.807) is 0 Å². The Morgan fingerprint density at radius 2 is 1.75 bits per heavy atom. The van der Waals surface area contributed by atoms with Crippen LogP contribution in [0.2, 0.25) is 0 Å². The van der Waals surface area contributed by atoms with Gasteiger partial charge < -0.3 is 20.3 Å². The SMILES string of the molecule is CC(C)(C)OCC(O)CNC(C)(CO)c1ccccc1. The van der Waals surface area contributed by atoms with Crippen molar-refractivity contribution in [1.82, 2.24) is 5.32 Å². The van der Waals surface area contributed by atoms with Gasteiger partial charge in [0.05, 0.1) is 30.5 Å². The first-order chi connectivity index (χ1) is 9.27. The Hall–Kier alpha value is -0.940. The van der Waals surface area contributed by atoms with Crippen LogP contribution in [0.1, 0.15) is 33.3 Å². The quantitative estimate of drug-likeness (QED) is 0.711. The minimum atomic E-state index is -0.608. The number of benzene rings is 1. The zero-order valence-corrected chi connectivity index (χ0v) is 12.9. The standard InChI is InChI=1S/C16H27NO3/c1-15(2,3)20-11-14(19)10-17-16(4,12-18)13-8-6-5-7-9-13/h5-9,14,17-19H,10-12H2,1-4H3. The van der Waals surface area contributed by atoms with Crippen molar-refractivity contribution in [3.05, 3.63) is 35.9 Å². The molecule has 3 N–H and O–H groups in total. The van der Waals surface area contributed by atoms with Gasteiger partial charge in [0.1, 0.15) is 0 Å². The van der Waals surface area contributed by atoms with Crippen molar-refractivity contribution in [3.8, 4) is 0 Å². The second-order valence-electron chi connectivity index (χ2n) is 6.31. The van der Waals surface area contributed by atoms with E-state index in [0.717, 1.165) is 5.56 Å². The normalized spacial score (nSPS) is 16.7. The summed E-state index contributed by atoms with van der Waals surface area (Å²) in [5.74, 6) is 0. The highest BCUT2D eigenvalue weighted by atomic mass is 16.5. The van der Waals surface area contributed by atoms with Crippen LogP contribution in [0.25, 0.3) is 0 Å². The summed E-state index contributed by atoms with van der Waals surface area (Å²) >= 11 is 0. The molecule has 2 unspecified atom stereocenters. The summed E-state index contributed by atoms with van der Waals surface area (Å²) in [5.41, 5.74) is 0.163. The molecule has 0 fully saturated rings. The topological polar surface area (TPSA) is 61.7 Å². The van der Waals surface area contributed by atoms with Gasteiger partial charge in [0, 0.05) is 6.54 Å². The zero-order valence-electron chi connectivity index (χ0n) is 12.9. The molecule has 0 saturated carbocycles. The van der Waals surface area contributed by atoms with Gasteiger partial charge in [-0.15, -0.1) is 0 Å². The monoisotopic (exact) mass is 281 g/mol. The highest BCUT2D eigenvalue weighted by Crippen LogP contribution is 2.19. The molecule has 0 amide bonds. The van der Waals surface area contributed by atoms with E-state index >= 15 is 0 Å². The third-order valence-corrected chi connectivity index (χ3v) is 3.16. The number of aliphatic hydroxyl groups excluding tert-OH is 2.